The Labute approximate surface area is 202 Å². The van der Waals surface area contributed by atoms with Crippen molar-refractivity contribution in [3.05, 3.63) is 70.9 Å². The summed E-state index contributed by atoms with van der Waals surface area (Å²) in [4.78, 5) is 31.8. The highest BCUT2D eigenvalue weighted by molar-refractivity contribution is 6.02. The number of aryl methyl sites for hydroxylation is 1. The fraction of sp³-hybridized carbons (Fsp3) is 0.429. The number of amides is 2. The van der Waals surface area contributed by atoms with Crippen LogP contribution >= 0.6 is 0 Å². The minimum atomic E-state index is -0.561. The van der Waals surface area contributed by atoms with Crippen LogP contribution in [-0.4, -0.2) is 41.8 Å². The number of H-pyrrole nitrogens is 1. The van der Waals surface area contributed by atoms with Crippen LogP contribution in [0.1, 0.15) is 65.8 Å². The Kier molecular flexibility index (Phi) is 7.37. The smallest absolute Gasteiger partial charge is 0.268 e. The topological polar surface area (TPSA) is 77.2 Å². The van der Waals surface area contributed by atoms with E-state index in [2.05, 4.69) is 44.8 Å². The number of hydrogen-bond donors (Lipinski definition) is 3. The van der Waals surface area contributed by atoms with Gasteiger partial charge in [0.25, 0.3) is 5.91 Å². The molecule has 3 aromatic rings. The number of aromatic amines is 1. The maximum atomic E-state index is 13.3. The SMILES string of the molecule is Cc1c(C(=O)N[C@@H](CCC2CC2)C(=O)N[C@H](C)c2ccc(CN(C)C)cc2)[nH]c2ccccc12. The van der Waals surface area contributed by atoms with E-state index in [1.807, 2.05) is 52.2 Å². The summed E-state index contributed by atoms with van der Waals surface area (Å²) in [5, 5.41) is 7.17. The number of benzene rings is 2. The van der Waals surface area contributed by atoms with Crippen molar-refractivity contribution in [1.82, 2.24) is 20.5 Å². The van der Waals surface area contributed by atoms with Crippen LogP contribution in [0.3, 0.4) is 0 Å². The van der Waals surface area contributed by atoms with E-state index in [9.17, 15) is 9.59 Å². The van der Waals surface area contributed by atoms with E-state index in [1.54, 1.807) is 0 Å². The number of nitrogens with zero attached hydrogens (tertiary/aromatic N) is 1. The van der Waals surface area contributed by atoms with Crippen molar-refractivity contribution in [2.75, 3.05) is 14.1 Å². The zero-order chi connectivity index (χ0) is 24.2. The van der Waals surface area contributed by atoms with Crippen LogP contribution in [0.15, 0.2) is 48.5 Å². The number of hydrogen-bond acceptors (Lipinski definition) is 3. The second kappa shape index (κ2) is 10.4. The number of nitrogens with one attached hydrogen (secondary N) is 3. The van der Waals surface area contributed by atoms with Crippen LogP contribution in [0.4, 0.5) is 0 Å². The first-order valence-electron chi connectivity index (χ1n) is 12.2. The summed E-state index contributed by atoms with van der Waals surface area (Å²) in [5.74, 6) is 0.321. The molecular weight excluding hydrogens is 424 g/mol. The Bertz CT molecular complexity index is 1140. The van der Waals surface area contributed by atoms with Gasteiger partial charge in [0, 0.05) is 17.4 Å². The number of aromatic nitrogens is 1. The van der Waals surface area contributed by atoms with Crippen molar-refractivity contribution in [2.24, 2.45) is 5.92 Å². The van der Waals surface area contributed by atoms with Gasteiger partial charge in [0.15, 0.2) is 0 Å². The van der Waals surface area contributed by atoms with Gasteiger partial charge in [0.1, 0.15) is 11.7 Å². The first kappa shape index (κ1) is 24.0. The second-order valence-corrected chi connectivity index (χ2v) is 9.93. The summed E-state index contributed by atoms with van der Waals surface area (Å²) in [6.07, 6.45) is 4.05. The monoisotopic (exact) mass is 460 g/mol. The molecule has 0 saturated heterocycles. The van der Waals surface area contributed by atoms with Gasteiger partial charge in [-0.05, 0) is 69.5 Å². The van der Waals surface area contributed by atoms with E-state index in [0.29, 0.717) is 18.0 Å². The molecule has 2 atom stereocenters. The van der Waals surface area contributed by atoms with Crippen molar-refractivity contribution < 1.29 is 9.59 Å². The zero-order valence-corrected chi connectivity index (χ0v) is 20.7. The lowest BCUT2D eigenvalue weighted by atomic mass is 10.0. The largest absolute Gasteiger partial charge is 0.350 e. The van der Waals surface area contributed by atoms with Crippen molar-refractivity contribution in [1.29, 1.82) is 0 Å². The molecule has 0 unspecified atom stereocenters. The van der Waals surface area contributed by atoms with Gasteiger partial charge in [-0.25, -0.2) is 0 Å². The molecule has 4 rings (SSSR count). The maximum absolute atomic E-state index is 13.3. The van der Waals surface area contributed by atoms with Gasteiger partial charge in [-0.15, -0.1) is 0 Å². The van der Waals surface area contributed by atoms with E-state index >= 15 is 0 Å². The maximum Gasteiger partial charge on any atom is 0.268 e. The molecular formula is C28H36N4O2. The van der Waals surface area contributed by atoms with Crippen molar-refractivity contribution >= 4 is 22.7 Å². The van der Waals surface area contributed by atoms with Crippen LogP contribution in [0.25, 0.3) is 10.9 Å². The summed E-state index contributed by atoms with van der Waals surface area (Å²) in [5.41, 5.74) is 4.64. The number of para-hydroxylation sites is 1. The lowest BCUT2D eigenvalue weighted by Gasteiger charge is -2.22. The molecule has 180 valence electrons. The number of carbonyl (C=O) groups excluding carboxylic acids is 2. The molecule has 0 aliphatic heterocycles. The van der Waals surface area contributed by atoms with Gasteiger partial charge in [-0.2, -0.15) is 0 Å². The summed E-state index contributed by atoms with van der Waals surface area (Å²) in [7, 11) is 4.09. The number of fused-ring (bicyclic) bond motifs is 1. The highest BCUT2D eigenvalue weighted by atomic mass is 16.2. The van der Waals surface area contributed by atoms with Crippen LogP contribution in [0.5, 0.6) is 0 Å². The average Bonchev–Trinajstić information content (AvgIpc) is 3.58. The van der Waals surface area contributed by atoms with Crippen molar-refractivity contribution in [3.63, 3.8) is 0 Å². The minimum Gasteiger partial charge on any atom is -0.350 e. The highest BCUT2D eigenvalue weighted by Gasteiger charge is 2.28. The molecule has 1 saturated carbocycles. The molecule has 1 aromatic heterocycles. The summed E-state index contributed by atoms with van der Waals surface area (Å²) >= 11 is 0. The fourth-order valence-electron chi connectivity index (χ4n) is 4.49. The number of carbonyl (C=O) groups is 2. The van der Waals surface area contributed by atoms with E-state index in [1.165, 1.54) is 18.4 Å². The van der Waals surface area contributed by atoms with Gasteiger partial charge in [-0.3, -0.25) is 9.59 Å². The van der Waals surface area contributed by atoms with E-state index < -0.39 is 6.04 Å². The van der Waals surface area contributed by atoms with Gasteiger partial charge in [0.05, 0.1) is 6.04 Å². The van der Waals surface area contributed by atoms with Crippen molar-refractivity contribution in [2.45, 2.75) is 58.2 Å². The third-order valence-corrected chi connectivity index (χ3v) is 6.71. The van der Waals surface area contributed by atoms with Gasteiger partial charge < -0.3 is 20.5 Å². The Balaban J connectivity index is 1.44. The standard InChI is InChI=1S/C28H36N4O2/c1-18-23-7-5-6-8-24(23)30-26(18)28(34)31-25(16-13-20-9-10-20)27(33)29-19(2)22-14-11-21(12-15-22)17-32(3)4/h5-8,11-12,14-15,19-20,25,30H,9-10,13,16-17H2,1-4H3,(H,29,33)(H,31,34)/t19-,25+/m1/s1. The lowest BCUT2D eigenvalue weighted by molar-refractivity contribution is -0.123. The van der Waals surface area contributed by atoms with Crippen LogP contribution < -0.4 is 10.6 Å². The first-order valence-corrected chi connectivity index (χ1v) is 12.2. The number of rotatable bonds is 10. The third-order valence-electron chi connectivity index (χ3n) is 6.71. The van der Waals surface area contributed by atoms with E-state index in [4.69, 9.17) is 0 Å². The average molecular weight is 461 g/mol. The van der Waals surface area contributed by atoms with Gasteiger partial charge >= 0.3 is 0 Å². The molecule has 2 amide bonds. The van der Waals surface area contributed by atoms with Crippen LogP contribution in [-0.2, 0) is 11.3 Å². The molecule has 1 fully saturated rings. The Morgan fingerprint density at radius 2 is 1.76 bits per heavy atom. The predicted molar refractivity (Wildman–Crippen MR) is 137 cm³/mol. The molecule has 1 heterocycles. The molecule has 0 radical (unpaired) electrons. The van der Waals surface area contributed by atoms with Crippen LogP contribution in [0, 0.1) is 12.8 Å². The molecule has 0 spiro atoms. The molecule has 6 nitrogen and oxygen atoms in total. The molecule has 1 aliphatic carbocycles. The minimum absolute atomic E-state index is 0.132. The molecule has 6 heteroatoms. The Morgan fingerprint density at radius 3 is 2.41 bits per heavy atom. The quantitative estimate of drug-likeness (QED) is 0.410. The Morgan fingerprint density at radius 1 is 1.06 bits per heavy atom. The first-order chi connectivity index (χ1) is 16.3. The van der Waals surface area contributed by atoms with Gasteiger partial charge in [-0.1, -0.05) is 55.3 Å². The predicted octanol–water partition coefficient (Wildman–Crippen LogP) is 4.70. The summed E-state index contributed by atoms with van der Waals surface area (Å²) in [6.45, 7) is 4.80. The molecule has 2 aromatic carbocycles. The van der Waals surface area contributed by atoms with E-state index in [0.717, 1.165) is 35.0 Å². The normalized spacial score (nSPS) is 15.3. The summed E-state index contributed by atoms with van der Waals surface area (Å²) < 4.78 is 0. The Hall–Kier alpha value is -3.12. The molecule has 3 N–H and O–H groups in total. The highest BCUT2D eigenvalue weighted by Crippen LogP contribution is 2.34. The van der Waals surface area contributed by atoms with Crippen molar-refractivity contribution in [3.8, 4) is 0 Å². The van der Waals surface area contributed by atoms with Gasteiger partial charge in [0.2, 0.25) is 5.91 Å². The third kappa shape index (κ3) is 5.86. The molecule has 0 bridgehead atoms. The van der Waals surface area contributed by atoms with Crippen LogP contribution in [0.2, 0.25) is 0 Å². The molecule has 1 aliphatic rings. The fourth-order valence-corrected chi connectivity index (χ4v) is 4.49. The van der Waals surface area contributed by atoms with E-state index in [-0.39, 0.29) is 17.9 Å². The molecule has 34 heavy (non-hydrogen) atoms. The second-order valence-electron chi connectivity index (χ2n) is 9.93. The lowest BCUT2D eigenvalue weighted by Crippen LogP contribution is -2.47. The summed E-state index contributed by atoms with van der Waals surface area (Å²) in [6, 6.07) is 15.5. The zero-order valence-electron chi connectivity index (χ0n) is 20.7.